The highest BCUT2D eigenvalue weighted by Gasteiger charge is 2.11. The van der Waals surface area contributed by atoms with E-state index in [4.69, 9.17) is 0 Å². The Balaban J connectivity index is 1.37. The van der Waals surface area contributed by atoms with Gasteiger partial charge in [-0.05, 0) is 29.8 Å². The lowest BCUT2D eigenvalue weighted by atomic mass is 10.2. The molecule has 0 aliphatic rings. The molecule has 29 heavy (non-hydrogen) atoms. The van der Waals surface area contributed by atoms with Crippen LogP contribution in [0.2, 0.25) is 0 Å². The Morgan fingerprint density at radius 2 is 1.66 bits per heavy atom. The first kappa shape index (κ1) is 21.3. The van der Waals surface area contributed by atoms with Crippen LogP contribution in [0.25, 0.3) is 0 Å². The maximum absolute atomic E-state index is 12.9. The number of carbonyl (C=O) groups excluding carboxylic acids is 2. The van der Waals surface area contributed by atoms with E-state index in [9.17, 15) is 14.0 Å². The monoisotopic (exact) mass is 448 g/mol. The molecule has 0 fully saturated rings. The Morgan fingerprint density at radius 3 is 2.41 bits per heavy atom. The largest absolute Gasteiger partial charge is 0.325 e. The lowest BCUT2D eigenvalue weighted by molar-refractivity contribution is -0.114. The molecule has 0 aliphatic heterocycles. The van der Waals surface area contributed by atoms with Crippen LogP contribution < -0.4 is 10.6 Å². The van der Waals surface area contributed by atoms with Gasteiger partial charge in [-0.3, -0.25) is 14.9 Å². The fourth-order valence-electron chi connectivity index (χ4n) is 2.17. The van der Waals surface area contributed by atoms with Crippen molar-refractivity contribution in [3.05, 3.63) is 66.0 Å². The minimum Gasteiger partial charge on any atom is -0.325 e. The van der Waals surface area contributed by atoms with E-state index in [0.29, 0.717) is 20.9 Å². The lowest BCUT2D eigenvalue weighted by Gasteiger charge is -2.03. The molecule has 10 heteroatoms. The van der Waals surface area contributed by atoms with Gasteiger partial charge in [0.1, 0.15) is 5.82 Å². The molecule has 6 nitrogen and oxygen atoms in total. The average molecular weight is 449 g/mol. The Bertz CT molecular complexity index is 952. The summed E-state index contributed by atoms with van der Waals surface area (Å²) in [6, 6.07) is 15.5. The van der Waals surface area contributed by atoms with Crippen molar-refractivity contribution < 1.29 is 14.0 Å². The zero-order valence-electron chi connectivity index (χ0n) is 15.1. The number of anilines is 2. The van der Waals surface area contributed by atoms with Crippen molar-refractivity contribution >= 4 is 57.5 Å². The third-order valence-electron chi connectivity index (χ3n) is 3.45. The second-order valence-corrected chi connectivity index (χ2v) is 8.93. The SMILES string of the molecule is O=C(CSc1nnc(NC(=O)CSCc2ccccc2)s1)Nc1ccc(F)cc1. The Kier molecular flexibility index (Phi) is 8.03. The summed E-state index contributed by atoms with van der Waals surface area (Å²) in [7, 11) is 0. The molecule has 2 amide bonds. The fourth-order valence-corrected chi connectivity index (χ4v) is 4.52. The molecule has 0 spiro atoms. The Morgan fingerprint density at radius 1 is 0.931 bits per heavy atom. The van der Waals surface area contributed by atoms with Crippen LogP contribution in [-0.4, -0.2) is 33.5 Å². The normalized spacial score (nSPS) is 10.5. The Hall–Kier alpha value is -2.43. The summed E-state index contributed by atoms with van der Waals surface area (Å²) in [5.41, 5.74) is 1.69. The van der Waals surface area contributed by atoms with Gasteiger partial charge in [0.25, 0.3) is 0 Å². The molecule has 0 saturated carbocycles. The quantitative estimate of drug-likeness (QED) is 0.376. The van der Waals surface area contributed by atoms with E-state index < -0.39 is 0 Å². The van der Waals surface area contributed by atoms with Crippen LogP contribution in [0.4, 0.5) is 15.2 Å². The Labute approximate surface area is 179 Å². The summed E-state index contributed by atoms with van der Waals surface area (Å²) in [5, 5.41) is 13.7. The molecule has 0 bridgehead atoms. The predicted molar refractivity (Wildman–Crippen MR) is 117 cm³/mol. The van der Waals surface area contributed by atoms with Crippen molar-refractivity contribution in [2.24, 2.45) is 0 Å². The minimum absolute atomic E-state index is 0.132. The molecule has 150 valence electrons. The molecule has 2 N–H and O–H groups in total. The summed E-state index contributed by atoms with van der Waals surface area (Å²) in [6.45, 7) is 0. The van der Waals surface area contributed by atoms with Crippen LogP contribution in [0, 0.1) is 5.82 Å². The standard InChI is InChI=1S/C19H17FN4O2S3/c20-14-6-8-15(9-7-14)21-17(26)12-28-19-24-23-18(29-19)22-16(25)11-27-10-13-4-2-1-3-5-13/h1-9H,10-12H2,(H,21,26)(H,22,23,25). The summed E-state index contributed by atoms with van der Waals surface area (Å²) in [6.07, 6.45) is 0. The van der Waals surface area contributed by atoms with Gasteiger partial charge < -0.3 is 5.32 Å². The van der Waals surface area contributed by atoms with E-state index in [-0.39, 0.29) is 23.4 Å². The van der Waals surface area contributed by atoms with Crippen LogP contribution in [-0.2, 0) is 15.3 Å². The predicted octanol–water partition coefficient (Wildman–Crippen LogP) is 4.28. The van der Waals surface area contributed by atoms with Gasteiger partial charge in [0.05, 0.1) is 11.5 Å². The van der Waals surface area contributed by atoms with Crippen molar-refractivity contribution in [3.8, 4) is 0 Å². The van der Waals surface area contributed by atoms with Crippen LogP contribution in [0.3, 0.4) is 0 Å². The third-order valence-corrected chi connectivity index (χ3v) is 6.43. The van der Waals surface area contributed by atoms with Crippen LogP contribution in [0.1, 0.15) is 5.56 Å². The van der Waals surface area contributed by atoms with Gasteiger partial charge in [-0.2, -0.15) is 0 Å². The molecule has 0 unspecified atom stereocenters. The molecule has 1 aromatic heterocycles. The fraction of sp³-hybridized carbons (Fsp3) is 0.158. The van der Waals surface area contributed by atoms with Crippen LogP contribution >= 0.6 is 34.9 Å². The number of carbonyl (C=O) groups is 2. The maximum atomic E-state index is 12.9. The van der Waals surface area contributed by atoms with Crippen molar-refractivity contribution in [1.29, 1.82) is 0 Å². The van der Waals surface area contributed by atoms with Crippen molar-refractivity contribution in [2.75, 3.05) is 22.1 Å². The first-order valence-electron chi connectivity index (χ1n) is 8.52. The van der Waals surface area contributed by atoms with Gasteiger partial charge in [0, 0.05) is 11.4 Å². The molecule has 0 saturated heterocycles. The number of nitrogens with one attached hydrogen (secondary N) is 2. The number of aromatic nitrogens is 2. The van der Waals surface area contributed by atoms with Crippen LogP contribution in [0.15, 0.2) is 58.9 Å². The van der Waals surface area contributed by atoms with Crippen molar-refractivity contribution in [3.63, 3.8) is 0 Å². The smallest absolute Gasteiger partial charge is 0.236 e. The molecule has 3 aromatic rings. The van der Waals surface area contributed by atoms with Gasteiger partial charge in [0.15, 0.2) is 4.34 Å². The topological polar surface area (TPSA) is 84.0 Å². The molecule has 0 atom stereocenters. The molecule has 0 aliphatic carbocycles. The number of halogens is 1. The number of benzene rings is 2. The third kappa shape index (κ3) is 7.48. The summed E-state index contributed by atoms with van der Waals surface area (Å²) < 4.78 is 13.4. The number of nitrogens with zero attached hydrogens (tertiary/aromatic N) is 2. The highest BCUT2D eigenvalue weighted by molar-refractivity contribution is 8.01. The number of thioether (sulfide) groups is 2. The number of amides is 2. The summed E-state index contributed by atoms with van der Waals surface area (Å²) >= 11 is 3.95. The first-order chi connectivity index (χ1) is 14.1. The second kappa shape index (κ2) is 10.9. The molecule has 1 heterocycles. The minimum atomic E-state index is -0.362. The zero-order chi connectivity index (χ0) is 20.5. The van der Waals surface area contributed by atoms with Crippen molar-refractivity contribution in [1.82, 2.24) is 10.2 Å². The van der Waals surface area contributed by atoms with Gasteiger partial charge in [-0.1, -0.05) is 53.4 Å². The molecular formula is C19H17FN4O2S3. The second-order valence-electron chi connectivity index (χ2n) is 5.74. The zero-order valence-corrected chi connectivity index (χ0v) is 17.6. The van der Waals surface area contributed by atoms with Gasteiger partial charge >= 0.3 is 0 Å². The van der Waals surface area contributed by atoms with E-state index in [0.717, 1.165) is 5.75 Å². The average Bonchev–Trinajstić information content (AvgIpc) is 3.16. The van der Waals surface area contributed by atoms with E-state index in [1.54, 1.807) is 0 Å². The lowest BCUT2D eigenvalue weighted by Crippen LogP contribution is -2.14. The van der Waals surface area contributed by atoms with E-state index in [2.05, 4.69) is 20.8 Å². The highest BCUT2D eigenvalue weighted by atomic mass is 32.2. The van der Waals surface area contributed by atoms with Gasteiger partial charge in [0.2, 0.25) is 16.9 Å². The van der Waals surface area contributed by atoms with E-state index in [1.807, 2.05) is 30.3 Å². The molecule has 0 radical (unpaired) electrons. The van der Waals surface area contributed by atoms with E-state index >= 15 is 0 Å². The molecular weight excluding hydrogens is 431 g/mol. The van der Waals surface area contributed by atoms with E-state index in [1.165, 1.54) is 64.7 Å². The summed E-state index contributed by atoms with van der Waals surface area (Å²) in [4.78, 5) is 24.0. The number of rotatable bonds is 9. The van der Waals surface area contributed by atoms with Crippen LogP contribution in [0.5, 0.6) is 0 Å². The van der Waals surface area contributed by atoms with Gasteiger partial charge in [-0.15, -0.1) is 22.0 Å². The molecule has 2 aromatic carbocycles. The van der Waals surface area contributed by atoms with Crippen molar-refractivity contribution in [2.45, 2.75) is 10.1 Å². The summed E-state index contributed by atoms with van der Waals surface area (Å²) in [5.74, 6) is 0.463. The number of hydrogen-bond acceptors (Lipinski definition) is 7. The highest BCUT2D eigenvalue weighted by Crippen LogP contribution is 2.26. The van der Waals surface area contributed by atoms with Gasteiger partial charge in [-0.25, -0.2) is 4.39 Å². The molecule has 3 rings (SSSR count). The number of hydrogen-bond donors (Lipinski definition) is 2. The first-order valence-corrected chi connectivity index (χ1v) is 11.5. The maximum Gasteiger partial charge on any atom is 0.236 e.